The van der Waals surface area contributed by atoms with Gasteiger partial charge in [-0.2, -0.15) is 0 Å². The first kappa shape index (κ1) is 15.1. The van der Waals surface area contributed by atoms with Crippen molar-refractivity contribution in [2.75, 3.05) is 12.8 Å². The molecule has 0 radical (unpaired) electrons. The molecule has 0 aliphatic heterocycles. The molecule has 0 heterocycles. The molecule has 1 amide bonds. The second kappa shape index (κ2) is 6.00. The second-order valence-electron chi connectivity index (χ2n) is 5.89. The highest BCUT2D eigenvalue weighted by Gasteiger charge is 2.32. The van der Waals surface area contributed by atoms with E-state index < -0.39 is 5.41 Å². The Morgan fingerprint density at radius 2 is 1.62 bits per heavy atom. The summed E-state index contributed by atoms with van der Waals surface area (Å²) < 4.78 is 0. The lowest BCUT2D eigenvalue weighted by Crippen LogP contribution is -2.40. The van der Waals surface area contributed by atoms with Crippen LogP contribution in [0.3, 0.4) is 0 Å². The molecule has 0 spiro atoms. The third-order valence-corrected chi connectivity index (χ3v) is 3.78. The fraction of sp³-hybridized carbons (Fsp3) is 0.278. The van der Waals surface area contributed by atoms with Crippen LogP contribution in [0.1, 0.15) is 25.0 Å². The van der Waals surface area contributed by atoms with Gasteiger partial charge in [-0.25, -0.2) is 0 Å². The number of nitrogens with two attached hydrogens (primary N) is 1. The lowest BCUT2D eigenvalue weighted by atomic mass is 9.83. The van der Waals surface area contributed by atoms with Crippen molar-refractivity contribution in [3.63, 3.8) is 0 Å². The first-order chi connectivity index (χ1) is 9.91. The largest absolute Gasteiger partial charge is 0.399 e. The second-order valence-corrected chi connectivity index (χ2v) is 5.89. The maximum atomic E-state index is 12.7. The molecule has 2 aromatic carbocycles. The summed E-state index contributed by atoms with van der Waals surface area (Å²) >= 11 is 0. The van der Waals surface area contributed by atoms with Crippen molar-refractivity contribution in [2.45, 2.75) is 25.8 Å². The smallest absolute Gasteiger partial charge is 0.232 e. The van der Waals surface area contributed by atoms with Crippen LogP contribution in [-0.4, -0.2) is 17.9 Å². The van der Waals surface area contributed by atoms with Crippen LogP contribution in [-0.2, 0) is 16.8 Å². The molecule has 0 aliphatic carbocycles. The molecular formula is C18H22N2O. The van der Waals surface area contributed by atoms with Gasteiger partial charge in [-0.05, 0) is 37.1 Å². The number of rotatable bonds is 4. The van der Waals surface area contributed by atoms with E-state index in [1.165, 1.54) is 0 Å². The third-order valence-electron chi connectivity index (χ3n) is 3.78. The Hall–Kier alpha value is -2.29. The maximum Gasteiger partial charge on any atom is 0.232 e. The highest BCUT2D eigenvalue weighted by molar-refractivity contribution is 5.87. The SMILES string of the molecule is CN(Cc1ccc(N)cc1)C(=O)C(C)(C)c1ccccc1. The van der Waals surface area contributed by atoms with E-state index in [-0.39, 0.29) is 5.91 Å². The molecule has 0 unspecified atom stereocenters. The van der Waals surface area contributed by atoms with E-state index in [9.17, 15) is 4.79 Å². The number of nitrogens with zero attached hydrogens (tertiary/aromatic N) is 1. The Kier molecular flexibility index (Phi) is 4.32. The van der Waals surface area contributed by atoms with Crippen LogP contribution in [0.5, 0.6) is 0 Å². The van der Waals surface area contributed by atoms with Crippen molar-refractivity contribution < 1.29 is 4.79 Å². The number of hydrogen-bond acceptors (Lipinski definition) is 2. The van der Waals surface area contributed by atoms with Crippen LogP contribution < -0.4 is 5.73 Å². The number of anilines is 1. The van der Waals surface area contributed by atoms with Crippen molar-refractivity contribution in [3.05, 3.63) is 65.7 Å². The number of amides is 1. The average molecular weight is 282 g/mol. The fourth-order valence-electron chi connectivity index (χ4n) is 2.42. The maximum absolute atomic E-state index is 12.7. The molecule has 0 bridgehead atoms. The molecule has 0 atom stereocenters. The molecule has 0 fully saturated rings. The van der Waals surface area contributed by atoms with Gasteiger partial charge in [0.15, 0.2) is 0 Å². The summed E-state index contributed by atoms with van der Waals surface area (Å²) in [5.41, 5.74) is 7.98. The molecule has 2 rings (SSSR count). The van der Waals surface area contributed by atoms with Crippen LogP contribution in [0, 0.1) is 0 Å². The number of carbonyl (C=O) groups is 1. The van der Waals surface area contributed by atoms with Crippen LogP contribution in [0.15, 0.2) is 54.6 Å². The summed E-state index contributed by atoms with van der Waals surface area (Å²) in [4.78, 5) is 14.5. The zero-order valence-electron chi connectivity index (χ0n) is 12.8. The van der Waals surface area contributed by atoms with Gasteiger partial charge in [0.1, 0.15) is 0 Å². The lowest BCUT2D eigenvalue weighted by molar-refractivity contribution is -0.135. The van der Waals surface area contributed by atoms with Crippen molar-refractivity contribution in [1.82, 2.24) is 4.90 Å². The third kappa shape index (κ3) is 3.43. The zero-order chi connectivity index (χ0) is 15.5. The Morgan fingerprint density at radius 3 is 2.19 bits per heavy atom. The Bertz CT molecular complexity index is 603. The molecule has 0 saturated carbocycles. The molecule has 0 aliphatic rings. The normalized spacial score (nSPS) is 11.2. The quantitative estimate of drug-likeness (QED) is 0.875. The number of benzene rings is 2. The van der Waals surface area contributed by atoms with Gasteiger partial charge in [0.05, 0.1) is 5.41 Å². The first-order valence-corrected chi connectivity index (χ1v) is 7.07. The number of nitrogen functional groups attached to an aromatic ring is 1. The number of likely N-dealkylation sites (N-methyl/N-ethyl adjacent to an activating group) is 1. The van der Waals surface area contributed by atoms with Crippen molar-refractivity contribution in [2.24, 2.45) is 0 Å². The highest BCUT2D eigenvalue weighted by atomic mass is 16.2. The minimum Gasteiger partial charge on any atom is -0.399 e. The molecule has 110 valence electrons. The van der Waals surface area contributed by atoms with Gasteiger partial charge in [-0.3, -0.25) is 4.79 Å². The van der Waals surface area contributed by atoms with Gasteiger partial charge in [-0.1, -0.05) is 42.5 Å². The molecule has 2 N–H and O–H groups in total. The van der Waals surface area contributed by atoms with Gasteiger partial charge in [0.2, 0.25) is 5.91 Å². The van der Waals surface area contributed by atoms with Crippen LogP contribution in [0.2, 0.25) is 0 Å². The van der Waals surface area contributed by atoms with E-state index in [4.69, 9.17) is 5.73 Å². The monoisotopic (exact) mass is 282 g/mol. The summed E-state index contributed by atoms with van der Waals surface area (Å²) in [7, 11) is 1.84. The Labute approximate surface area is 126 Å². The predicted octanol–water partition coefficient (Wildman–Crippen LogP) is 3.21. The van der Waals surface area contributed by atoms with Gasteiger partial charge < -0.3 is 10.6 Å². The number of carbonyl (C=O) groups excluding carboxylic acids is 1. The zero-order valence-corrected chi connectivity index (χ0v) is 12.8. The van der Waals surface area contributed by atoms with Crippen LogP contribution in [0.4, 0.5) is 5.69 Å². The van der Waals surface area contributed by atoms with Crippen LogP contribution >= 0.6 is 0 Å². The summed E-state index contributed by atoms with van der Waals surface area (Å²) in [5.74, 6) is 0.102. The average Bonchev–Trinajstić information content (AvgIpc) is 2.49. The van der Waals surface area contributed by atoms with Crippen molar-refractivity contribution >= 4 is 11.6 Å². The van der Waals surface area contributed by atoms with Gasteiger partial charge >= 0.3 is 0 Å². The van der Waals surface area contributed by atoms with Gasteiger partial charge in [-0.15, -0.1) is 0 Å². The molecule has 0 aromatic heterocycles. The van der Waals surface area contributed by atoms with E-state index in [1.54, 1.807) is 4.90 Å². The topological polar surface area (TPSA) is 46.3 Å². The van der Waals surface area contributed by atoms with E-state index in [1.807, 2.05) is 75.5 Å². The van der Waals surface area contributed by atoms with E-state index in [0.29, 0.717) is 6.54 Å². The Morgan fingerprint density at radius 1 is 1.05 bits per heavy atom. The fourth-order valence-corrected chi connectivity index (χ4v) is 2.42. The van der Waals surface area contributed by atoms with E-state index in [2.05, 4.69) is 0 Å². The standard InChI is InChI=1S/C18H22N2O/c1-18(2,15-7-5-4-6-8-15)17(21)20(3)13-14-9-11-16(19)12-10-14/h4-12H,13,19H2,1-3H3. The summed E-state index contributed by atoms with van der Waals surface area (Å²) in [5, 5.41) is 0. The van der Waals surface area contributed by atoms with Crippen LogP contribution in [0.25, 0.3) is 0 Å². The summed E-state index contributed by atoms with van der Waals surface area (Å²) in [6, 6.07) is 17.5. The first-order valence-electron chi connectivity index (χ1n) is 7.07. The molecule has 3 nitrogen and oxygen atoms in total. The predicted molar refractivity (Wildman–Crippen MR) is 86.8 cm³/mol. The number of hydrogen-bond donors (Lipinski definition) is 1. The van der Waals surface area contributed by atoms with Gasteiger partial charge in [0, 0.05) is 19.3 Å². The van der Waals surface area contributed by atoms with Crippen molar-refractivity contribution in [3.8, 4) is 0 Å². The molecular weight excluding hydrogens is 260 g/mol. The summed E-state index contributed by atoms with van der Waals surface area (Å²) in [6.07, 6.45) is 0. The Balaban J connectivity index is 2.13. The van der Waals surface area contributed by atoms with E-state index in [0.717, 1.165) is 16.8 Å². The lowest BCUT2D eigenvalue weighted by Gasteiger charge is -2.30. The minimum atomic E-state index is -0.538. The molecule has 2 aromatic rings. The minimum absolute atomic E-state index is 0.102. The summed E-state index contributed by atoms with van der Waals surface area (Å²) in [6.45, 7) is 4.50. The highest BCUT2D eigenvalue weighted by Crippen LogP contribution is 2.25. The molecule has 21 heavy (non-hydrogen) atoms. The van der Waals surface area contributed by atoms with Crippen molar-refractivity contribution in [1.29, 1.82) is 0 Å². The molecule has 3 heteroatoms. The molecule has 0 saturated heterocycles. The van der Waals surface area contributed by atoms with Gasteiger partial charge in [0.25, 0.3) is 0 Å². The van der Waals surface area contributed by atoms with E-state index >= 15 is 0 Å².